The second-order valence-electron chi connectivity index (χ2n) is 7.63. The highest BCUT2D eigenvalue weighted by Gasteiger charge is 2.33. The Labute approximate surface area is 142 Å². The Bertz CT molecular complexity index is 310. The van der Waals surface area contributed by atoms with E-state index in [4.69, 9.17) is 0 Å². The van der Waals surface area contributed by atoms with Gasteiger partial charge in [0.15, 0.2) is 0 Å². The standard InChI is InChI=1S/C18H34N2O.ClH/c1-14(2)7-5-3-4-6-10-19-18(21)13-15-11-16-8-9-17(12-15)20-16;/h14-17,20H,3-13H2,1-2H3,(H,19,21);1H. The van der Waals surface area contributed by atoms with Crippen LogP contribution in [0.3, 0.4) is 0 Å². The molecule has 2 fully saturated rings. The number of carbonyl (C=O) groups is 1. The molecule has 22 heavy (non-hydrogen) atoms. The number of piperidine rings is 1. The van der Waals surface area contributed by atoms with Crippen LogP contribution < -0.4 is 10.6 Å². The maximum absolute atomic E-state index is 12.0. The molecule has 4 heteroatoms. The third kappa shape index (κ3) is 7.32. The first-order valence-corrected chi connectivity index (χ1v) is 9.16. The molecule has 2 rings (SSSR count). The van der Waals surface area contributed by atoms with E-state index in [1.165, 1.54) is 51.4 Å². The number of hydrogen-bond acceptors (Lipinski definition) is 2. The van der Waals surface area contributed by atoms with Crippen LogP contribution in [0.2, 0.25) is 0 Å². The Kier molecular flexibility index (Phi) is 9.42. The quantitative estimate of drug-likeness (QED) is 0.626. The van der Waals surface area contributed by atoms with E-state index in [0.29, 0.717) is 18.0 Å². The smallest absolute Gasteiger partial charge is 0.220 e. The maximum atomic E-state index is 12.0. The van der Waals surface area contributed by atoms with Crippen molar-refractivity contribution in [2.75, 3.05) is 6.54 Å². The molecular weight excluding hydrogens is 296 g/mol. The zero-order chi connectivity index (χ0) is 15.1. The summed E-state index contributed by atoms with van der Waals surface area (Å²) in [6.45, 7) is 5.44. The van der Waals surface area contributed by atoms with Crippen molar-refractivity contribution < 1.29 is 4.79 Å². The topological polar surface area (TPSA) is 41.1 Å². The Balaban J connectivity index is 0.00000242. The number of amides is 1. The lowest BCUT2D eigenvalue weighted by Gasteiger charge is -2.28. The van der Waals surface area contributed by atoms with Gasteiger partial charge in [0.2, 0.25) is 5.91 Å². The van der Waals surface area contributed by atoms with Crippen LogP contribution in [0.5, 0.6) is 0 Å². The highest BCUT2D eigenvalue weighted by Crippen LogP contribution is 2.32. The van der Waals surface area contributed by atoms with Crippen LogP contribution >= 0.6 is 12.4 Å². The number of rotatable bonds is 9. The molecule has 2 aliphatic rings. The summed E-state index contributed by atoms with van der Waals surface area (Å²) in [5.74, 6) is 1.73. The largest absolute Gasteiger partial charge is 0.356 e. The number of nitrogens with one attached hydrogen (secondary N) is 2. The first kappa shape index (κ1) is 19.8. The predicted molar refractivity (Wildman–Crippen MR) is 95.5 cm³/mol. The zero-order valence-corrected chi connectivity index (χ0v) is 15.2. The molecule has 0 saturated carbocycles. The van der Waals surface area contributed by atoms with Gasteiger partial charge in [0.25, 0.3) is 0 Å². The highest BCUT2D eigenvalue weighted by atomic mass is 35.5. The van der Waals surface area contributed by atoms with Crippen LogP contribution in [-0.2, 0) is 4.79 Å². The second kappa shape index (κ2) is 10.5. The lowest BCUT2D eigenvalue weighted by atomic mass is 9.89. The van der Waals surface area contributed by atoms with Crippen molar-refractivity contribution in [2.24, 2.45) is 11.8 Å². The van der Waals surface area contributed by atoms with Gasteiger partial charge in [-0.1, -0.05) is 39.5 Å². The van der Waals surface area contributed by atoms with Crippen LogP contribution in [0.4, 0.5) is 0 Å². The van der Waals surface area contributed by atoms with Crippen LogP contribution in [-0.4, -0.2) is 24.5 Å². The summed E-state index contributed by atoms with van der Waals surface area (Å²) in [6.07, 6.45) is 12.2. The van der Waals surface area contributed by atoms with Gasteiger partial charge >= 0.3 is 0 Å². The van der Waals surface area contributed by atoms with Gasteiger partial charge < -0.3 is 10.6 Å². The minimum atomic E-state index is 0. The molecule has 2 unspecified atom stereocenters. The normalized spacial score (nSPS) is 26.8. The molecule has 2 bridgehead atoms. The van der Waals surface area contributed by atoms with Gasteiger partial charge in [0, 0.05) is 25.0 Å². The van der Waals surface area contributed by atoms with Gasteiger partial charge in [-0.15, -0.1) is 12.4 Å². The van der Waals surface area contributed by atoms with Crippen molar-refractivity contribution in [2.45, 2.75) is 90.1 Å². The van der Waals surface area contributed by atoms with Gasteiger partial charge in [0.1, 0.15) is 0 Å². The molecule has 2 heterocycles. The highest BCUT2D eigenvalue weighted by molar-refractivity contribution is 5.85. The maximum Gasteiger partial charge on any atom is 0.220 e. The van der Waals surface area contributed by atoms with Gasteiger partial charge in [-0.2, -0.15) is 0 Å². The van der Waals surface area contributed by atoms with E-state index in [9.17, 15) is 4.79 Å². The monoisotopic (exact) mass is 330 g/mol. The van der Waals surface area contributed by atoms with Crippen molar-refractivity contribution in [3.8, 4) is 0 Å². The number of carbonyl (C=O) groups excluding carboxylic acids is 1. The fourth-order valence-electron chi connectivity index (χ4n) is 3.94. The van der Waals surface area contributed by atoms with E-state index in [1.54, 1.807) is 0 Å². The van der Waals surface area contributed by atoms with Crippen molar-refractivity contribution in [3.05, 3.63) is 0 Å². The Morgan fingerprint density at radius 2 is 1.73 bits per heavy atom. The fraction of sp³-hybridized carbons (Fsp3) is 0.944. The summed E-state index contributed by atoms with van der Waals surface area (Å²) < 4.78 is 0. The number of fused-ring (bicyclic) bond motifs is 2. The number of unbranched alkanes of at least 4 members (excludes halogenated alkanes) is 3. The molecule has 1 amide bonds. The van der Waals surface area contributed by atoms with Crippen LogP contribution in [0, 0.1) is 11.8 Å². The Hall–Kier alpha value is -0.280. The Morgan fingerprint density at radius 1 is 1.09 bits per heavy atom. The van der Waals surface area contributed by atoms with E-state index in [1.807, 2.05) is 0 Å². The van der Waals surface area contributed by atoms with Crippen LogP contribution in [0.1, 0.15) is 78.1 Å². The first-order valence-electron chi connectivity index (χ1n) is 9.16. The van der Waals surface area contributed by atoms with Gasteiger partial charge in [0.05, 0.1) is 0 Å². The molecule has 0 aromatic heterocycles. The average Bonchev–Trinajstić information content (AvgIpc) is 2.76. The zero-order valence-electron chi connectivity index (χ0n) is 14.4. The first-order chi connectivity index (χ1) is 10.1. The summed E-state index contributed by atoms with van der Waals surface area (Å²) in [5, 5.41) is 6.76. The van der Waals surface area contributed by atoms with Gasteiger partial charge in [-0.3, -0.25) is 4.79 Å². The third-order valence-electron chi connectivity index (χ3n) is 5.08. The van der Waals surface area contributed by atoms with Crippen LogP contribution in [0.15, 0.2) is 0 Å². The lowest BCUT2D eigenvalue weighted by Crippen LogP contribution is -2.39. The summed E-state index contributed by atoms with van der Waals surface area (Å²) in [4.78, 5) is 12.0. The molecule has 0 aliphatic carbocycles. The molecule has 0 aromatic carbocycles. The number of halogens is 1. The van der Waals surface area contributed by atoms with Crippen molar-refractivity contribution in [1.29, 1.82) is 0 Å². The molecule has 3 nitrogen and oxygen atoms in total. The molecule has 0 spiro atoms. The van der Waals surface area contributed by atoms with Gasteiger partial charge in [-0.05, 0) is 43.9 Å². The molecule has 0 radical (unpaired) electrons. The molecule has 130 valence electrons. The molecule has 2 saturated heterocycles. The molecule has 2 atom stereocenters. The Morgan fingerprint density at radius 3 is 2.36 bits per heavy atom. The van der Waals surface area contributed by atoms with E-state index in [2.05, 4.69) is 24.5 Å². The fourth-order valence-corrected chi connectivity index (χ4v) is 3.94. The molecular formula is C18H35ClN2O. The summed E-state index contributed by atoms with van der Waals surface area (Å²) in [6, 6.07) is 1.39. The average molecular weight is 331 g/mol. The van der Waals surface area contributed by atoms with E-state index in [-0.39, 0.29) is 18.3 Å². The second-order valence-corrected chi connectivity index (χ2v) is 7.63. The van der Waals surface area contributed by atoms with Crippen molar-refractivity contribution >= 4 is 18.3 Å². The molecule has 2 N–H and O–H groups in total. The predicted octanol–water partition coefficient (Wildman–Crippen LogP) is 4.05. The third-order valence-corrected chi connectivity index (χ3v) is 5.08. The summed E-state index contributed by atoms with van der Waals surface area (Å²) in [5.41, 5.74) is 0. The lowest BCUT2D eigenvalue weighted by molar-refractivity contribution is -0.122. The van der Waals surface area contributed by atoms with Crippen LogP contribution in [0.25, 0.3) is 0 Å². The van der Waals surface area contributed by atoms with Gasteiger partial charge in [-0.25, -0.2) is 0 Å². The summed E-state index contributed by atoms with van der Waals surface area (Å²) >= 11 is 0. The SMILES string of the molecule is CC(C)CCCCCCNC(=O)CC1CC2CCC(C1)N2.Cl. The molecule has 0 aromatic rings. The van der Waals surface area contributed by atoms with Crippen molar-refractivity contribution in [1.82, 2.24) is 10.6 Å². The molecule has 2 aliphatic heterocycles. The van der Waals surface area contributed by atoms with Crippen molar-refractivity contribution in [3.63, 3.8) is 0 Å². The van der Waals surface area contributed by atoms with E-state index in [0.717, 1.165) is 25.3 Å². The minimum absolute atomic E-state index is 0. The van der Waals surface area contributed by atoms with E-state index >= 15 is 0 Å². The number of hydrogen-bond donors (Lipinski definition) is 2. The minimum Gasteiger partial charge on any atom is -0.356 e. The van der Waals surface area contributed by atoms with E-state index < -0.39 is 0 Å². The summed E-state index contributed by atoms with van der Waals surface area (Å²) in [7, 11) is 0.